The van der Waals surface area contributed by atoms with Gasteiger partial charge in [0.25, 0.3) is 0 Å². The minimum Gasteiger partial charge on any atom is -0.485 e. The molecule has 2 nitrogen and oxygen atoms in total. The van der Waals surface area contributed by atoms with Crippen LogP contribution >= 0.6 is 23.2 Å². The van der Waals surface area contributed by atoms with Crippen LogP contribution in [0.1, 0.15) is 19.3 Å². The molecule has 0 aromatic heterocycles. The van der Waals surface area contributed by atoms with Gasteiger partial charge in [0.05, 0.1) is 5.02 Å². The summed E-state index contributed by atoms with van der Waals surface area (Å²) in [5, 5.41) is 3.88. The Morgan fingerprint density at radius 2 is 2.00 bits per heavy atom. The van der Waals surface area contributed by atoms with Gasteiger partial charge in [-0.15, -0.1) is 0 Å². The monoisotopic (exact) mass is 303 g/mol. The zero-order valence-corrected chi connectivity index (χ0v) is 12.0. The Balaban J connectivity index is 1.81. The second-order valence-electron chi connectivity index (χ2n) is 5.37. The molecular weight excluding hydrogens is 288 g/mol. The van der Waals surface area contributed by atoms with Gasteiger partial charge in [0.2, 0.25) is 0 Å². The summed E-state index contributed by atoms with van der Waals surface area (Å²) in [6.45, 7) is 1.95. The van der Waals surface area contributed by atoms with Gasteiger partial charge in [-0.05, 0) is 43.9 Å². The first-order chi connectivity index (χ1) is 9.15. The second kappa shape index (κ2) is 5.47. The summed E-state index contributed by atoms with van der Waals surface area (Å²) >= 11 is 11.8. The third kappa shape index (κ3) is 2.99. The lowest BCUT2D eigenvalue weighted by molar-refractivity contribution is 0.115. The number of hydrogen-bond acceptors (Lipinski definition) is 2. The summed E-state index contributed by atoms with van der Waals surface area (Å²) in [5.74, 6) is 0.652. The highest BCUT2D eigenvalue weighted by molar-refractivity contribution is 6.35. The van der Waals surface area contributed by atoms with E-state index in [1.54, 1.807) is 0 Å². The van der Waals surface area contributed by atoms with Gasteiger partial charge < -0.3 is 10.1 Å². The number of halogens is 3. The molecule has 2 atom stereocenters. The van der Waals surface area contributed by atoms with Gasteiger partial charge in [-0.2, -0.15) is 0 Å². The molecular formula is C14H16Cl2FNO. The molecule has 0 unspecified atom stereocenters. The van der Waals surface area contributed by atoms with Crippen LogP contribution in [0.3, 0.4) is 0 Å². The molecule has 1 aromatic carbocycles. The Bertz CT molecular complexity index is 450. The third-order valence-corrected chi connectivity index (χ3v) is 4.37. The van der Waals surface area contributed by atoms with E-state index < -0.39 is 5.82 Å². The summed E-state index contributed by atoms with van der Waals surface area (Å²) in [5.41, 5.74) is 0. The highest BCUT2D eigenvalue weighted by atomic mass is 35.5. The molecule has 0 radical (unpaired) electrons. The lowest BCUT2D eigenvalue weighted by Gasteiger charge is -2.25. The molecule has 2 aliphatic rings. The van der Waals surface area contributed by atoms with Crippen molar-refractivity contribution in [3.8, 4) is 5.75 Å². The molecule has 1 saturated heterocycles. The molecule has 0 bridgehead atoms. The van der Waals surface area contributed by atoms with Crippen molar-refractivity contribution >= 4 is 23.2 Å². The fraction of sp³-hybridized carbons (Fsp3) is 0.571. The number of benzene rings is 1. The van der Waals surface area contributed by atoms with Crippen molar-refractivity contribution in [3.63, 3.8) is 0 Å². The SMILES string of the molecule is Fc1cc(Cl)cc(Cl)c1O[C@H](C1CC1)[C@H]1CCNC1. The van der Waals surface area contributed by atoms with E-state index in [0.29, 0.717) is 16.9 Å². The number of rotatable bonds is 4. The smallest absolute Gasteiger partial charge is 0.174 e. The maximum absolute atomic E-state index is 13.9. The Morgan fingerprint density at radius 3 is 2.58 bits per heavy atom. The van der Waals surface area contributed by atoms with Gasteiger partial charge in [0.1, 0.15) is 6.10 Å². The topological polar surface area (TPSA) is 21.3 Å². The Morgan fingerprint density at radius 1 is 1.21 bits per heavy atom. The van der Waals surface area contributed by atoms with Crippen molar-refractivity contribution in [3.05, 3.63) is 28.0 Å². The van der Waals surface area contributed by atoms with E-state index in [4.69, 9.17) is 27.9 Å². The molecule has 104 valence electrons. The van der Waals surface area contributed by atoms with E-state index in [-0.39, 0.29) is 16.9 Å². The summed E-state index contributed by atoms with van der Waals surface area (Å²) in [6.07, 6.45) is 3.46. The molecule has 1 aliphatic carbocycles. The normalized spacial score (nSPS) is 24.5. The van der Waals surface area contributed by atoms with Crippen molar-refractivity contribution in [2.75, 3.05) is 13.1 Å². The van der Waals surface area contributed by atoms with Crippen molar-refractivity contribution in [1.82, 2.24) is 5.32 Å². The van der Waals surface area contributed by atoms with E-state index in [9.17, 15) is 4.39 Å². The molecule has 1 N–H and O–H groups in total. The van der Waals surface area contributed by atoms with Crippen molar-refractivity contribution in [1.29, 1.82) is 0 Å². The number of ether oxygens (including phenoxy) is 1. The molecule has 5 heteroatoms. The lowest BCUT2D eigenvalue weighted by Crippen LogP contribution is -2.31. The van der Waals surface area contributed by atoms with Crippen LogP contribution in [0.4, 0.5) is 4.39 Å². The quantitative estimate of drug-likeness (QED) is 0.911. The van der Waals surface area contributed by atoms with Crippen LogP contribution in [0.15, 0.2) is 12.1 Å². The maximum atomic E-state index is 13.9. The predicted molar refractivity (Wildman–Crippen MR) is 74.5 cm³/mol. The van der Waals surface area contributed by atoms with Crippen LogP contribution < -0.4 is 10.1 Å². The average Bonchev–Trinajstić information content (AvgIpc) is 3.03. The Labute approximate surface area is 122 Å². The number of hydrogen-bond donors (Lipinski definition) is 1. The van der Waals surface area contributed by atoms with Gasteiger partial charge in [-0.3, -0.25) is 0 Å². The van der Waals surface area contributed by atoms with Crippen LogP contribution in [0.5, 0.6) is 5.75 Å². The largest absolute Gasteiger partial charge is 0.485 e. The minimum absolute atomic E-state index is 0.0585. The van der Waals surface area contributed by atoms with E-state index in [1.807, 2.05) is 0 Å². The lowest BCUT2D eigenvalue weighted by atomic mass is 9.97. The van der Waals surface area contributed by atoms with E-state index in [0.717, 1.165) is 32.4 Å². The zero-order chi connectivity index (χ0) is 13.4. The summed E-state index contributed by atoms with van der Waals surface area (Å²) in [7, 11) is 0. The molecule has 19 heavy (non-hydrogen) atoms. The van der Waals surface area contributed by atoms with Gasteiger partial charge in [-0.1, -0.05) is 23.2 Å². The first-order valence-corrected chi connectivity index (χ1v) is 7.42. The Hall–Kier alpha value is -0.510. The highest BCUT2D eigenvalue weighted by Crippen LogP contribution is 2.42. The fourth-order valence-electron chi connectivity index (χ4n) is 2.74. The van der Waals surface area contributed by atoms with E-state index >= 15 is 0 Å². The van der Waals surface area contributed by atoms with Crippen molar-refractivity contribution in [2.24, 2.45) is 11.8 Å². The molecule has 0 amide bonds. The van der Waals surface area contributed by atoms with Crippen LogP contribution in [0.2, 0.25) is 10.0 Å². The maximum Gasteiger partial charge on any atom is 0.174 e. The van der Waals surface area contributed by atoms with Gasteiger partial charge in [-0.25, -0.2) is 4.39 Å². The summed E-state index contributed by atoms with van der Waals surface area (Å²) in [6, 6.07) is 2.78. The van der Waals surface area contributed by atoms with Crippen molar-refractivity contribution < 1.29 is 9.13 Å². The van der Waals surface area contributed by atoms with Crippen LogP contribution in [-0.4, -0.2) is 19.2 Å². The second-order valence-corrected chi connectivity index (χ2v) is 6.21. The molecule has 0 spiro atoms. The van der Waals surface area contributed by atoms with Gasteiger partial charge >= 0.3 is 0 Å². The minimum atomic E-state index is -0.478. The first kappa shape index (κ1) is 13.5. The van der Waals surface area contributed by atoms with Crippen molar-refractivity contribution in [2.45, 2.75) is 25.4 Å². The predicted octanol–water partition coefficient (Wildman–Crippen LogP) is 3.90. The standard InChI is InChI=1S/C14H16Cl2FNO/c15-10-5-11(16)14(12(17)6-10)19-13(8-1-2-8)9-3-4-18-7-9/h5-6,8-9,13,18H,1-4,7H2/t9-,13+/m0/s1. The Kier molecular flexibility index (Phi) is 3.88. The molecule has 1 aliphatic heterocycles. The molecule has 3 rings (SSSR count). The summed E-state index contributed by atoms with van der Waals surface area (Å²) in [4.78, 5) is 0. The van der Waals surface area contributed by atoms with Gasteiger partial charge in [0, 0.05) is 17.5 Å². The van der Waals surface area contributed by atoms with Crippen LogP contribution in [0.25, 0.3) is 0 Å². The fourth-order valence-corrected chi connectivity index (χ4v) is 3.25. The molecule has 1 heterocycles. The first-order valence-electron chi connectivity index (χ1n) is 6.67. The highest BCUT2D eigenvalue weighted by Gasteiger charge is 2.40. The zero-order valence-electron chi connectivity index (χ0n) is 10.5. The van der Waals surface area contributed by atoms with Crippen LogP contribution in [-0.2, 0) is 0 Å². The number of nitrogens with one attached hydrogen (secondary N) is 1. The van der Waals surface area contributed by atoms with E-state index in [2.05, 4.69) is 5.32 Å². The van der Waals surface area contributed by atoms with Crippen LogP contribution in [0, 0.1) is 17.7 Å². The third-order valence-electron chi connectivity index (χ3n) is 3.87. The molecule has 1 saturated carbocycles. The average molecular weight is 304 g/mol. The van der Waals surface area contributed by atoms with E-state index in [1.165, 1.54) is 12.1 Å². The summed E-state index contributed by atoms with van der Waals surface area (Å²) < 4.78 is 19.9. The molecule has 2 fully saturated rings. The van der Waals surface area contributed by atoms with Gasteiger partial charge in [0.15, 0.2) is 11.6 Å². The molecule has 1 aromatic rings.